The number of hydrogen-bond acceptors (Lipinski definition) is 2. The van der Waals surface area contributed by atoms with E-state index in [1.54, 1.807) is 6.92 Å². The van der Waals surface area contributed by atoms with Crippen LogP contribution in [-0.2, 0) is 17.6 Å². The van der Waals surface area contributed by atoms with Gasteiger partial charge in [0, 0.05) is 22.9 Å². The Labute approximate surface area is 91.4 Å². The second-order valence-electron chi connectivity index (χ2n) is 3.53. The van der Waals surface area contributed by atoms with Gasteiger partial charge in [-0.1, -0.05) is 15.9 Å². The Morgan fingerprint density at radius 3 is 3.07 bits per heavy atom. The predicted molar refractivity (Wildman–Crippen MR) is 57.7 cm³/mol. The first-order valence-corrected chi connectivity index (χ1v) is 5.39. The Bertz CT molecular complexity index is 385. The van der Waals surface area contributed by atoms with E-state index in [4.69, 9.17) is 4.74 Å². The van der Waals surface area contributed by atoms with E-state index in [0.29, 0.717) is 6.42 Å². The average Bonchev–Trinajstić information content (AvgIpc) is 2.50. The maximum atomic E-state index is 11.1. The van der Waals surface area contributed by atoms with Crippen molar-refractivity contribution in [2.75, 3.05) is 6.61 Å². The van der Waals surface area contributed by atoms with E-state index in [-0.39, 0.29) is 5.78 Å². The van der Waals surface area contributed by atoms with E-state index in [2.05, 4.69) is 22.0 Å². The Morgan fingerprint density at radius 1 is 1.57 bits per heavy atom. The Kier molecular flexibility index (Phi) is 2.59. The van der Waals surface area contributed by atoms with Crippen LogP contribution in [0, 0.1) is 0 Å². The molecule has 1 aromatic rings. The summed E-state index contributed by atoms with van der Waals surface area (Å²) >= 11 is 3.44. The molecule has 0 aromatic heterocycles. The van der Waals surface area contributed by atoms with E-state index in [9.17, 15) is 4.79 Å². The molecular weight excluding hydrogens is 244 g/mol. The highest BCUT2D eigenvalue weighted by atomic mass is 79.9. The number of ether oxygens (including phenoxy) is 1. The van der Waals surface area contributed by atoms with Gasteiger partial charge in [0.15, 0.2) is 0 Å². The Hall–Kier alpha value is -0.830. The van der Waals surface area contributed by atoms with Crippen molar-refractivity contribution < 1.29 is 9.53 Å². The number of carbonyl (C=O) groups is 1. The lowest BCUT2D eigenvalue weighted by Gasteiger charge is -2.06. The number of halogens is 1. The minimum Gasteiger partial charge on any atom is -0.493 e. The van der Waals surface area contributed by atoms with Crippen molar-refractivity contribution in [2.24, 2.45) is 0 Å². The predicted octanol–water partition coefficient (Wildman–Crippen LogP) is 2.52. The van der Waals surface area contributed by atoms with E-state index >= 15 is 0 Å². The maximum Gasteiger partial charge on any atom is 0.134 e. The SMILES string of the molecule is CC(=O)Cc1cc(Br)cc2c1OCC2. The molecule has 1 aliphatic rings. The molecule has 3 heteroatoms. The molecule has 1 aromatic carbocycles. The van der Waals surface area contributed by atoms with Crippen molar-refractivity contribution in [3.8, 4) is 5.75 Å². The van der Waals surface area contributed by atoms with Crippen molar-refractivity contribution in [1.29, 1.82) is 0 Å². The van der Waals surface area contributed by atoms with Crippen LogP contribution in [0.4, 0.5) is 0 Å². The summed E-state index contributed by atoms with van der Waals surface area (Å²) in [6.07, 6.45) is 1.40. The van der Waals surface area contributed by atoms with Crippen molar-refractivity contribution >= 4 is 21.7 Å². The third-order valence-corrected chi connectivity index (χ3v) is 2.72. The molecule has 0 radical (unpaired) electrons. The van der Waals surface area contributed by atoms with Crippen LogP contribution >= 0.6 is 15.9 Å². The molecule has 2 nitrogen and oxygen atoms in total. The monoisotopic (exact) mass is 254 g/mol. The fourth-order valence-corrected chi connectivity index (χ4v) is 2.30. The average molecular weight is 255 g/mol. The molecule has 0 bridgehead atoms. The van der Waals surface area contributed by atoms with Gasteiger partial charge in [0.25, 0.3) is 0 Å². The van der Waals surface area contributed by atoms with Gasteiger partial charge in [0.2, 0.25) is 0 Å². The Morgan fingerprint density at radius 2 is 2.36 bits per heavy atom. The minimum absolute atomic E-state index is 0.167. The molecule has 14 heavy (non-hydrogen) atoms. The standard InChI is InChI=1S/C11H11BrO2/c1-7(13)4-9-6-10(12)5-8-2-3-14-11(8)9/h5-6H,2-4H2,1H3. The van der Waals surface area contributed by atoms with Crippen LogP contribution in [0.15, 0.2) is 16.6 Å². The van der Waals surface area contributed by atoms with Crippen LogP contribution in [0.25, 0.3) is 0 Å². The number of benzene rings is 1. The molecule has 0 atom stereocenters. The first-order chi connectivity index (χ1) is 6.66. The van der Waals surface area contributed by atoms with E-state index in [1.165, 1.54) is 5.56 Å². The van der Waals surface area contributed by atoms with Crippen molar-refractivity contribution in [2.45, 2.75) is 19.8 Å². The van der Waals surface area contributed by atoms with Crippen molar-refractivity contribution in [3.63, 3.8) is 0 Å². The maximum absolute atomic E-state index is 11.1. The molecule has 0 fully saturated rings. The third kappa shape index (κ3) is 1.82. The number of rotatable bonds is 2. The molecule has 0 spiro atoms. The van der Waals surface area contributed by atoms with Crippen molar-refractivity contribution in [3.05, 3.63) is 27.7 Å². The zero-order valence-corrected chi connectivity index (χ0v) is 9.56. The summed E-state index contributed by atoms with van der Waals surface area (Å²) in [5.41, 5.74) is 2.20. The zero-order valence-electron chi connectivity index (χ0n) is 7.97. The summed E-state index contributed by atoms with van der Waals surface area (Å²) < 4.78 is 6.54. The summed E-state index contributed by atoms with van der Waals surface area (Å²) in [4.78, 5) is 11.1. The molecule has 0 N–H and O–H groups in total. The lowest BCUT2D eigenvalue weighted by Crippen LogP contribution is -1.99. The van der Waals surface area contributed by atoms with Gasteiger partial charge in [-0.3, -0.25) is 4.79 Å². The lowest BCUT2D eigenvalue weighted by molar-refractivity contribution is -0.116. The highest BCUT2D eigenvalue weighted by Gasteiger charge is 2.17. The largest absolute Gasteiger partial charge is 0.493 e. The molecule has 2 rings (SSSR count). The normalized spacial score (nSPS) is 13.6. The summed E-state index contributed by atoms with van der Waals surface area (Å²) in [6, 6.07) is 4.03. The van der Waals surface area contributed by atoms with E-state index in [1.807, 2.05) is 6.07 Å². The van der Waals surface area contributed by atoms with Crippen LogP contribution in [0.3, 0.4) is 0 Å². The highest BCUT2D eigenvalue weighted by molar-refractivity contribution is 9.10. The van der Waals surface area contributed by atoms with Crippen LogP contribution in [0.1, 0.15) is 18.1 Å². The Balaban J connectivity index is 2.43. The topological polar surface area (TPSA) is 26.3 Å². The molecule has 0 saturated heterocycles. The molecular formula is C11H11BrO2. The summed E-state index contributed by atoms with van der Waals surface area (Å²) in [7, 11) is 0. The van der Waals surface area contributed by atoms with Crippen LogP contribution in [-0.4, -0.2) is 12.4 Å². The van der Waals surface area contributed by atoms with Gasteiger partial charge in [-0.15, -0.1) is 0 Å². The number of carbonyl (C=O) groups excluding carboxylic acids is 1. The second-order valence-corrected chi connectivity index (χ2v) is 4.45. The molecule has 0 unspecified atom stereocenters. The molecule has 0 amide bonds. The fraction of sp³-hybridized carbons (Fsp3) is 0.364. The van der Waals surface area contributed by atoms with Gasteiger partial charge < -0.3 is 4.74 Å². The zero-order chi connectivity index (χ0) is 10.1. The fourth-order valence-electron chi connectivity index (χ4n) is 1.75. The van der Waals surface area contributed by atoms with E-state index < -0.39 is 0 Å². The first kappa shape index (κ1) is 9.71. The van der Waals surface area contributed by atoms with Gasteiger partial charge in [-0.2, -0.15) is 0 Å². The molecule has 1 heterocycles. The summed E-state index contributed by atoms with van der Waals surface area (Å²) in [6.45, 7) is 2.33. The van der Waals surface area contributed by atoms with E-state index in [0.717, 1.165) is 28.8 Å². The van der Waals surface area contributed by atoms with Crippen LogP contribution in [0.5, 0.6) is 5.75 Å². The smallest absolute Gasteiger partial charge is 0.134 e. The summed E-state index contributed by atoms with van der Waals surface area (Å²) in [5.74, 6) is 1.09. The molecule has 74 valence electrons. The molecule has 0 aliphatic carbocycles. The van der Waals surface area contributed by atoms with Crippen LogP contribution < -0.4 is 4.74 Å². The number of fused-ring (bicyclic) bond motifs is 1. The number of ketones is 1. The summed E-state index contributed by atoms with van der Waals surface area (Å²) in [5, 5.41) is 0. The van der Waals surface area contributed by atoms with Gasteiger partial charge in [-0.05, 0) is 24.6 Å². The van der Waals surface area contributed by atoms with Gasteiger partial charge in [0.05, 0.1) is 6.61 Å². The van der Waals surface area contributed by atoms with Gasteiger partial charge in [0.1, 0.15) is 11.5 Å². The van der Waals surface area contributed by atoms with Gasteiger partial charge in [-0.25, -0.2) is 0 Å². The number of Topliss-reactive ketones (excluding diaryl/α,β-unsaturated/α-hetero) is 1. The van der Waals surface area contributed by atoms with Crippen molar-refractivity contribution in [1.82, 2.24) is 0 Å². The number of hydrogen-bond donors (Lipinski definition) is 0. The van der Waals surface area contributed by atoms with Gasteiger partial charge >= 0.3 is 0 Å². The highest BCUT2D eigenvalue weighted by Crippen LogP contribution is 2.33. The first-order valence-electron chi connectivity index (χ1n) is 4.60. The molecule has 0 saturated carbocycles. The lowest BCUT2D eigenvalue weighted by atomic mass is 10.0. The quantitative estimate of drug-likeness (QED) is 0.811. The minimum atomic E-state index is 0.167. The second kappa shape index (κ2) is 3.73. The molecule has 1 aliphatic heterocycles. The van der Waals surface area contributed by atoms with Crippen LogP contribution in [0.2, 0.25) is 0 Å². The third-order valence-electron chi connectivity index (χ3n) is 2.26.